The van der Waals surface area contributed by atoms with Gasteiger partial charge in [0.2, 0.25) is 0 Å². The van der Waals surface area contributed by atoms with Gasteiger partial charge in [0.05, 0.1) is 6.54 Å². The molecular formula is C16H10BrF3N2. The van der Waals surface area contributed by atoms with E-state index in [2.05, 4.69) is 20.9 Å². The minimum absolute atomic E-state index is 0.176. The van der Waals surface area contributed by atoms with E-state index in [1.54, 1.807) is 23.0 Å². The van der Waals surface area contributed by atoms with Crippen LogP contribution in [0, 0.1) is 17.5 Å². The summed E-state index contributed by atoms with van der Waals surface area (Å²) in [5.74, 6) is -1.14. The van der Waals surface area contributed by atoms with Crippen LogP contribution in [0.1, 0.15) is 5.56 Å². The molecule has 0 aliphatic heterocycles. The van der Waals surface area contributed by atoms with Crippen molar-refractivity contribution >= 4 is 15.9 Å². The summed E-state index contributed by atoms with van der Waals surface area (Å²) < 4.78 is 42.5. The fraction of sp³-hybridized carbons (Fsp3) is 0.0625. The van der Waals surface area contributed by atoms with Gasteiger partial charge in [0.1, 0.15) is 23.3 Å². The highest BCUT2D eigenvalue weighted by Crippen LogP contribution is 2.24. The molecule has 2 nitrogen and oxygen atoms in total. The zero-order chi connectivity index (χ0) is 15.7. The van der Waals surface area contributed by atoms with Crippen molar-refractivity contribution in [2.45, 2.75) is 6.54 Å². The smallest absolute Gasteiger partial charge is 0.140 e. The van der Waals surface area contributed by atoms with Crippen molar-refractivity contribution in [1.82, 2.24) is 9.55 Å². The van der Waals surface area contributed by atoms with Crippen LogP contribution in [0.15, 0.2) is 53.3 Å². The van der Waals surface area contributed by atoms with E-state index in [4.69, 9.17) is 0 Å². The largest absolute Gasteiger partial charge is 0.326 e. The first-order valence-electron chi connectivity index (χ1n) is 6.44. The third-order valence-electron chi connectivity index (χ3n) is 3.19. The van der Waals surface area contributed by atoms with Crippen LogP contribution in [-0.2, 0) is 6.54 Å². The third-order valence-corrected chi connectivity index (χ3v) is 3.65. The number of hydrogen-bond acceptors (Lipinski definition) is 1. The molecule has 3 aromatic rings. The number of nitrogens with zero attached hydrogens (tertiary/aromatic N) is 2. The topological polar surface area (TPSA) is 17.8 Å². The lowest BCUT2D eigenvalue weighted by Crippen LogP contribution is -2.03. The van der Waals surface area contributed by atoms with Gasteiger partial charge < -0.3 is 4.57 Å². The molecule has 1 aromatic heterocycles. The second-order valence-electron chi connectivity index (χ2n) is 4.77. The first-order chi connectivity index (χ1) is 10.5. The van der Waals surface area contributed by atoms with Gasteiger partial charge in [0.15, 0.2) is 0 Å². The van der Waals surface area contributed by atoms with Gasteiger partial charge in [0.25, 0.3) is 0 Å². The van der Waals surface area contributed by atoms with Crippen molar-refractivity contribution in [2.24, 2.45) is 0 Å². The summed E-state index contributed by atoms with van der Waals surface area (Å²) in [6.45, 7) is 0.176. The van der Waals surface area contributed by atoms with E-state index in [0.29, 0.717) is 21.4 Å². The molecule has 0 N–H and O–H groups in total. The lowest BCUT2D eigenvalue weighted by molar-refractivity contribution is 0.566. The fourth-order valence-electron chi connectivity index (χ4n) is 2.21. The Balaban J connectivity index is 1.98. The molecule has 0 aliphatic carbocycles. The molecule has 1 heterocycles. The van der Waals surface area contributed by atoms with E-state index >= 15 is 0 Å². The minimum atomic E-state index is -0.625. The average molecular weight is 367 g/mol. The molecule has 0 saturated heterocycles. The molecule has 0 saturated carbocycles. The predicted octanol–water partition coefficient (Wildman–Crippen LogP) is 4.78. The summed E-state index contributed by atoms with van der Waals surface area (Å²) in [5, 5.41) is 0. The van der Waals surface area contributed by atoms with Crippen LogP contribution in [0.25, 0.3) is 11.4 Å². The zero-order valence-corrected chi connectivity index (χ0v) is 12.8. The summed E-state index contributed by atoms with van der Waals surface area (Å²) in [4.78, 5) is 4.19. The number of imidazole rings is 1. The van der Waals surface area contributed by atoms with E-state index < -0.39 is 17.5 Å². The highest BCUT2D eigenvalue weighted by Gasteiger charge is 2.11. The minimum Gasteiger partial charge on any atom is -0.326 e. The molecule has 2 aromatic carbocycles. The number of halogens is 4. The van der Waals surface area contributed by atoms with Crippen molar-refractivity contribution in [2.75, 3.05) is 0 Å². The molecule has 0 amide bonds. The highest BCUT2D eigenvalue weighted by atomic mass is 79.9. The lowest BCUT2D eigenvalue weighted by atomic mass is 10.2. The first kappa shape index (κ1) is 14.8. The molecule has 0 fully saturated rings. The van der Waals surface area contributed by atoms with Gasteiger partial charge in [-0.15, -0.1) is 0 Å². The van der Waals surface area contributed by atoms with Gasteiger partial charge in [-0.05, 0) is 24.3 Å². The predicted molar refractivity (Wildman–Crippen MR) is 80.8 cm³/mol. The average Bonchev–Trinajstić information content (AvgIpc) is 2.89. The Hall–Kier alpha value is -2.08. The van der Waals surface area contributed by atoms with Crippen molar-refractivity contribution in [3.05, 3.63) is 76.3 Å². The van der Waals surface area contributed by atoms with Crippen molar-refractivity contribution < 1.29 is 13.2 Å². The molecule has 0 radical (unpaired) electrons. The first-order valence-corrected chi connectivity index (χ1v) is 7.24. The summed E-state index contributed by atoms with van der Waals surface area (Å²) >= 11 is 3.23. The fourth-order valence-corrected chi connectivity index (χ4v) is 2.68. The van der Waals surface area contributed by atoms with E-state index in [1.807, 2.05) is 0 Å². The Kier molecular flexibility index (Phi) is 4.02. The Morgan fingerprint density at radius 3 is 2.55 bits per heavy atom. The van der Waals surface area contributed by atoms with Crippen LogP contribution in [0.3, 0.4) is 0 Å². The number of hydrogen-bond donors (Lipinski definition) is 0. The molecule has 0 unspecified atom stereocenters. The molecule has 0 atom stereocenters. The second kappa shape index (κ2) is 5.96. The molecule has 0 bridgehead atoms. The third kappa shape index (κ3) is 3.06. The van der Waals surface area contributed by atoms with Crippen LogP contribution < -0.4 is 0 Å². The normalized spacial score (nSPS) is 10.9. The summed E-state index contributed by atoms with van der Waals surface area (Å²) in [5.41, 5.74) is 0.899. The monoisotopic (exact) mass is 366 g/mol. The van der Waals surface area contributed by atoms with Crippen LogP contribution in [0.5, 0.6) is 0 Å². The lowest BCUT2D eigenvalue weighted by Gasteiger charge is -2.09. The van der Waals surface area contributed by atoms with Crippen LogP contribution in [0.4, 0.5) is 13.2 Å². The van der Waals surface area contributed by atoms with E-state index in [-0.39, 0.29) is 6.54 Å². The zero-order valence-electron chi connectivity index (χ0n) is 11.2. The molecule has 6 heteroatoms. The Morgan fingerprint density at radius 2 is 1.82 bits per heavy atom. The maximum absolute atomic E-state index is 13.8. The van der Waals surface area contributed by atoms with Gasteiger partial charge in [-0.2, -0.15) is 0 Å². The van der Waals surface area contributed by atoms with Gasteiger partial charge in [-0.1, -0.05) is 22.0 Å². The summed E-state index contributed by atoms with van der Waals surface area (Å²) in [7, 11) is 0. The Labute approximate surface area is 133 Å². The number of rotatable bonds is 3. The van der Waals surface area contributed by atoms with Gasteiger partial charge >= 0.3 is 0 Å². The van der Waals surface area contributed by atoms with Crippen LogP contribution in [0.2, 0.25) is 0 Å². The summed E-state index contributed by atoms with van der Waals surface area (Å²) in [6, 6.07) is 7.85. The van der Waals surface area contributed by atoms with Gasteiger partial charge in [-0.3, -0.25) is 0 Å². The molecule has 22 heavy (non-hydrogen) atoms. The maximum Gasteiger partial charge on any atom is 0.140 e. The van der Waals surface area contributed by atoms with Crippen molar-refractivity contribution in [3.63, 3.8) is 0 Å². The van der Waals surface area contributed by atoms with Crippen LogP contribution >= 0.6 is 15.9 Å². The SMILES string of the molecule is Fc1cc(Br)cc(-c2nccn2Cc2ccc(F)cc2F)c1. The highest BCUT2D eigenvalue weighted by molar-refractivity contribution is 9.10. The number of aromatic nitrogens is 2. The molecule has 0 spiro atoms. The molecule has 112 valence electrons. The van der Waals surface area contributed by atoms with Crippen LogP contribution in [-0.4, -0.2) is 9.55 Å². The van der Waals surface area contributed by atoms with E-state index in [9.17, 15) is 13.2 Å². The second-order valence-corrected chi connectivity index (χ2v) is 5.69. The Morgan fingerprint density at radius 1 is 1.00 bits per heavy atom. The van der Waals surface area contributed by atoms with Gasteiger partial charge in [-0.25, -0.2) is 18.2 Å². The molecule has 0 aliphatic rings. The maximum atomic E-state index is 13.8. The van der Waals surface area contributed by atoms with E-state index in [1.165, 1.54) is 24.3 Å². The quantitative estimate of drug-likeness (QED) is 0.652. The molecule has 3 rings (SSSR count). The standard InChI is InChI=1S/C16H10BrF3N2/c17-12-5-11(6-14(19)7-12)16-21-3-4-22(16)9-10-1-2-13(18)8-15(10)20/h1-8H,9H2. The number of benzene rings is 2. The summed E-state index contributed by atoms with van der Waals surface area (Å²) in [6.07, 6.45) is 3.21. The van der Waals surface area contributed by atoms with Gasteiger partial charge in [0, 0.05) is 34.1 Å². The molecular weight excluding hydrogens is 357 g/mol. The Bertz CT molecular complexity index is 810. The van der Waals surface area contributed by atoms with Crippen molar-refractivity contribution in [3.8, 4) is 11.4 Å². The van der Waals surface area contributed by atoms with Crippen molar-refractivity contribution in [1.29, 1.82) is 0 Å². The van der Waals surface area contributed by atoms with E-state index in [0.717, 1.165) is 6.07 Å².